The average Bonchev–Trinajstić information content (AvgIpc) is 3.44. The average molecular weight is 514 g/mol. The summed E-state index contributed by atoms with van der Waals surface area (Å²) in [5, 5.41) is 15.7. The zero-order valence-electron chi connectivity index (χ0n) is 24.1. The number of fused-ring (bicyclic) bond motifs is 2. The van der Waals surface area contributed by atoms with Crippen LogP contribution in [0.2, 0.25) is 0 Å². The van der Waals surface area contributed by atoms with Crippen LogP contribution < -0.4 is 5.32 Å². The lowest BCUT2D eigenvalue weighted by Crippen LogP contribution is -2.80. The second kappa shape index (κ2) is 7.75. The summed E-state index contributed by atoms with van der Waals surface area (Å²) in [6.07, 6.45) is 12.6. The Morgan fingerprint density at radius 2 is 1.84 bits per heavy atom. The lowest BCUT2D eigenvalue weighted by molar-refractivity contribution is -0.249. The van der Waals surface area contributed by atoms with Crippen LogP contribution in [-0.2, 0) is 14.3 Å². The molecule has 0 radical (unpaired) electrons. The van der Waals surface area contributed by atoms with E-state index in [1.54, 1.807) is 0 Å². The van der Waals surface area contributed by atoms with E-state index in [4.69, 9.17) is 9.47 Å². The van der Waals surface area contributed by atoms with Crippen LogP contribution in [0.5, 0.6) is 0 Å². The van der Waals surface area contributed by atoms with Crippen LogP contribution in [0.15, 0.2) is 0 Å². The van der Waals surface area contributed by atoms with E-state index in [0.29, 0.717) is 28.2 Å². The van der Waals surface area contributed by atoms with Gasteiger partial charge in [0.15, 0.2) is 6.29 Å². The number of esters is 1. The highest BCUT2D eigenvalue weighted by Crippen LogP contribution is 2.81. The Morgan fingerprint density at radius 1 is 1.05 bits per heavy atom. The Hall–Kier alpha value is -0.650. The normalized spacial score (nSPS) is 59.1. The maximum atomic E-state index is 12.1. The zero-order valence-corrected chi connectivity index (χ0v) is 24.1. The number of carbonyl (C=O) groups excluding carboxylic acids is 1. The molecule has 1 spiro atoms. The number of ether oxygens (including phenoxy) is 2. The van der Waals surface area contributed by atoms with Gasteiger partial charge in [-0.05, 0) is 111 Å². The van der Waals surface area contributed by atoms with Gasteiger partial charge in [0.1, 0.15) is 6.10 Å². The Kier molecular flexibility index (Phi) is 5.31. The second-order valence-corrected chi connectivity index (χ2v) is 15.7. The van der Waals surface area contributed by atoms with E-state index in [2.05, 4.69) is 39.9 Å². The molecule has 208 valence electrons. The summed E-state index contributed by atoms with van der Waals surface area (Å²) < 4.78 is 12.3. The molecule has 0 unspecified atom stereocenters. The smallest absolute Gasteiger partial charge is 0.302 e. The zero-order chi connectivity index (χ0) is 26.2. The van der Waals surface area contributed by atoms with Crippen molar-refractivity contribution in [3.05, 3.63) is 0 Å². The quantitative estimate of drug-likeness (QED) is 0.453. The molecule has 8 rings (SSSR count). The number of hydrogen-bond donors (Lipinski definition) is 2. The van der Waals surface area contributed by atoms with E-state index >= 15 is 0 Å². The predicted molar refractivity (Wildman–Crippen MR) is 142 cm³/mol. The highest BCUT2D eigenvalue weighted by atomic mass is 16.6. The number of carbonyl (C=O) groups is 1. The van der Waals surface area contributed by atoms with Gasteiger partial charge in [-0.2, -0.15) is 0 Å². The van der Waals surface area contributed by atoms with Crippen molar-refractivity contribution in [3.63, 3.8) is 0 Å². The Balaban J connectivity index is 1.30. The van der Waals surface area contributed by atoms with Gasteiger partial charge in [0.25, 0.3) is 0 Å². The topological polar surface area (TPSA) is 67.8 Å². The molecule has 5 heteroatoms. The Bertz CT molecular complexity index is 984. The minimum Gasteiger partial charge on any atom is -0.462 e. The number of aliphatic hydroxyl groups excluding tert-OH is 1. The van der Waals surface area contributed by atoms with Gasteiger partial charge in [-0.15, -0.1) is 0 Å². The van der Waals surface area contributed by atoms with Crippen LogP contribution in [0.1, 0.15) is 112 Å². The van der Waals surface area contributed by atoms with Crippen molar-refractivity contribution in [2.24, 2.45) is 51.2 Å². The fourth-order valence-electron chi connectivity index (χ4n) is 13.2. The fraction of sp³-hybridized carbons (Fsp3) is 0.969. The molecule has 0 aromatic heterocycles. The SMILES string of the molecule is CC(=O)O[C@@H]1CC[C@@]2(C)O[C@H](O)[C@@]1(C)[C@H]2CC[C@]12[C@@H]3CCC[C@@]34CC[C@@H]3[C@@H]4N[C@H]1[C@H](C(C)C)CC[C@]32C. The summed E-state index contributed by atoms with van der Waals surface area (Å²) in [6.45, 7) is 13.5. The van der Waals surface area contributed by atoms with E-state index in [9.17, 15) is 9.90 Å². The minimum atomic E-state index is -0.875. The van der Waals surface area contributed by atoms with Crippen molar-refractivity contribution in [2.75, 3.05) is 0 Å². The summed E-state index contributed by atoms with van der Waals surface area (Å²) >= 11 is 0. The number of hydrogen-bond acceptors (Lipinski definition) is 5. The fourth-order valence-corrected chi connectivity index (χ4v) is 13.2. The molecule has 37 heavy (non-hydrogen) atoms. The Morgan fingerprint density at radius 3 is 2.57 bits per heavy atom. The maximum absolute atomic E-state index is 12.1. The van der Waals surface area contributed by atoms with Crippen molar-refractivity contribution < 1.29 is 19.4 Å². The third kappa shape index (κ3) is 2.81. The van der Waals surface area contributed by atoms with Gasteiger partial charge in [0.05, 0.1) is 11.0 Å². The summed E-state index contributed by atoms with van der Waals surface area (Å²) in [5.41, 5.74) is 0.348. The molecule has 2 N–H and O–H groups in total. The molecular weight excluding hydrogens is 462 g/mol. The van der Waals surface area contributed by atoms with Gasteiger partial charge in [0, 0.05) is 24.9 Å². The molecule has 5 nitrogen and oxygen atoms in total. The van der Waals surface area contributed by atoms with Crippen LogP contribution in [0.25, 0.3) is 0 Å². The van der Waals surface area contributed by atoms with Gasteiger partial charge >= 0.3 is 5.97 Å². The van der Waals surface area contributed by atoms with Gasteiger partial charge in [-0.1, -0.05) is 34.1 Å². The number of piperidine rings is 2. The van der Waals surface area contributed by atoms with Gasteiger partial charge in [0.2, 0.25) is 0 Å². The molecule has 8 fully saturated rings. The summed E-state index contributed by atoms with van der Waals surface area (Å²) in [5.74, 6) is 3.05. The van der Waals surface area contributed by atoms with E-state index in [-0.39, 0.29) is 23.6 Å². The molecule has 8 aliphatic rings. The second-order valence-electron chi connectivity index (χ2n) is 15.7. The first-order chi connectivity index (χ1) is 17.4. The van der Waals surface area contributed by atoms with Crippen molar-refractivity contribution in [1.82, 2.24) is 5.32 Å². The largest absolute Gasteiger partial charge is 0.462 e. The molecule has 5 aliphatic carbocycles. The molecule has 3 heterocycles. The van der Waals surface area contributed by atoms with E-state index < -0.39 is 11.7 Å². The highest BCUT2D eigenvalue weighted by molar-refractivity contribution is 5.66. The van der Waals surface area contributed by atoms with Gasteiger partial charge in [-0.25, -0.2) is 0 Å². The molecule has 3 saturated heterocycles. The van der Waals surface area contributed by atoms with Crippen molar-refractivity contribution in [2.45, 2.75) is 142 Å². The van der Waals surface area contributed by atoms with E-state index in [1.165, 1.54) is 58.3 Å². The standard InChI is InChI=1S/C32H51NO4/c1-18(2)20-9-14-28(4)21-10-16-31-13-7-8-23(31)32(28,25(20)33-26(21)31)17-11-22-29(5)15-12-24(36-19(3)34)30(22,6)27(35)37-29/h18,20-27,33,35H,7-17H2,1-6H3/t20-,21+,22-,23+,24+,25-,26-,27-,28+,29+,30-,31+,32-/m0/s1. The van der Waals surface area contributed by atoms with Crippen molar-refractivity contribution in [1.29, 1.82) is 0 Å². The highest BCUT2D eigenvalue weighted by Gasteiger charge is 2.80. The Labute approximate surface area is 224 Å². The minimum absolute atomic E-state index is 0.193. The molecule has 0 amide bonds. The molecular formula is C32H51NO4. The van der Waals surface area contributed by atoms with Crippen LogP contribution in [0, 0.1) is 51.2 Å². The monoisotopic (exact) mass is 513 g/mol. The third-order valence-corrected chi connectivity index (χ3v) is 14.6. The number of rotatable bonds is 5. The lowest BCUT2D eigenvalue weighted by atomic mass is 9.33. The third-order valence-electron chi connectivity index (χ3n) is 14.6. The molecule has 8 bridgehead atoms. The molecule has 13 atom stereocenters. The molecule has 0 aromatic rings. The summed E-state index contributed by atoms with van der Waals surface area (Å²) in [7, 11) is 0. The number of aliphatic hydroxyl groups is 1. The summed E-state index contributed by atoms with van der Waals surface area (Å²) in [4.78, 5) is 12.1. The molecule has 3 aliphatic heterocycles. The van der Waals surface area contributed by atoms with Crippen LogP contribution >= 0.6 is 0 Å². The molecule has 5 saturated carbocycles. The molecule has 0 aromatic carbocycles. The van der Waals surface area contributed by atoms with Crippen LogP contribution in [0.4, 0.5) is 0 Å². The first-order valence-electron chi connectivity index (χ1n) is 15.7. The van der Waals surface area contributed by atoms with Gasteiger partial charge < -0.3 is 19.9 Å². The number of nitrogens with one attached hydrogen (secondary N) is 1. The first kappa shape index (κ1) is 25.3. The van der Waals surface area contributed by atoms with Crippen molar-refractivity contribution in [3.8, 4) is 0 Å². The predicted octanol–water partition coefficient (Wildman–Crippen LogP) is 5.83. The maximum Gasteiger partial charge on any atom is 0.302 e. The summed E-state index contributed by atoms with van der Waals surface area (Å²) in [6, 6.07) is 1.34. The lowest BCUT2D eigenvalue weighted by Gasteiger charge is -2.76. The van der Waals surface area contributed by atoms with Crippen molar-refractivity contribution >= 4 is 5.97 Å². The van der Waals surface area contributed by atoms with E-state index in [0.717, 1.165) is 43.1 Å². The van der Waals surface area contributed by atoms with Gasteiger partial charge in [-0.3, -0.25) is 4.79 Å². The van der Waals surface area contributed by atoms with Crippen LogP contribution in [-0.4, -0.2) is 41.2 Å². The van der Waals surface area contributed by atoms with E-state index in [1.807, 2.05) is 0 Å². The first-order valence-corrected chi connectivity index (χ1v) is 15.7. The van der Waals surface area contributed by atoms with Crippen LogP contribution in [0.3, 0.4) is 0 Å².